The van der Waals surface area contributed by atoms with E-state index >= 15 is 0 Å². The Morgan fingerprint density at radius 2 is 2.05 bits per heavy atom. The summed E-state index contributed by atoms with van der Waals surface area (Å²) in [5, 5.41) is 0. The zero-order valence-electron chi connectivity index (χ0n) is 13.1. The number of rotatable bonds is 3. The minimum absolute atomic E-state index is 0.281. The van der Waals surface area contributed by atoms with E-state index in [-0.39, 0.29) is 5.92 Å². The monoisotopic (exact) mass is 286 g/mol. The van der Waals surface area contributed by atoms with Crippen LogP contribution in [0.3, 0.4) is 0 Å². The quantitative estimate of drug-likeness (QED) is 0.852. The summed E-state index contributed by atoms with van der Waals surface area (Å²) in [6.07, 6.45) is 7.93. The maximum Gasteiger partial charge on any atom is 0.137 e. The zero-order valence-corrected chi connectivity index (χ0v) is 13.1. The fourth-order valence-corrected chi connectivity index (χ4v) is 3.98. The maximum atomic E-state index is 12.3. The average molecular weight is 286 g/mol. The highest BCUT2D eigenvalue weighted by Gasteiger charge is 2.35. The van der Waals surface area contributed by atoms with Gasteiger partial charge in [0.15, 0.2) is 0 Å². The Morgan fingerprint density at radius 1 is 1.19 bits per heavy atom. The van der Waals surface area contributed by atoms with E-state index in [4.69, 9.17) is 0 Å². The second kappa shape index (κ2) is 6.69. The van der Waals surface area contributed by atoms with Crippen molar-refractivity contribution in [2.45, 2.75) is 64.5 Å². The van der Waals surface area contributed by atoms with E-state index in [9.17, 15) is 4.79 Å². The van der Waals surface area contributed by atoms with Crippen LogP contribution < -0.4 is 0 Å². The van der Waals surface area contributed by atoms with E-state index in [0.29, 0.717) is 11.8 Å². The standard InChI is InChI=1S/C18H26N2O/c1-14-7-6-8-15(19-14)13-20-12-5-4-10-17(20)16-9-2-3-11-18(16)21/h6-8,16-17H,2-5,9-13H2,1H3. The molecule has 0 aromatic carbocycles. The molecule has 0 N–H and O–H groups in total. The number of Topliss-reactive ketones (excluding diaryl/α,β-unsaturated/α-hetero) is 1. The molecule has 3 heteroatoms. The molecule has 1 aromatic rings. The predicted octanol–water partition coefficient (Wildman–Crippen LogP) is 3.50. The van der Waals surface area contributed by atoms with E-state index in [1.54, 1.807) is 0 Å². The number of pyridine rings is 1. The van der Waals surface area contributed by atoms with Gasteiger partial charge in [0, 0.05) is 30.6 Å². The molecule has 1 aliphatic heterocycles. The SMILES string of the molecule is Cc1cccc(CN2CCCCC2C2CCCCC2=O)n1. The number of carbonyl (C=O) groups is 1. The third-order valence-electron chi connectivity index (χ3n) is 5.04. The molecule has 3 rings (SSSR count). The van der Waals surface area contributed by atoms with Gasteiger partial charge in [-0.2, -0.15) is 0 Å². The van der Waals surface area contributed by atoms with Crippen molar-refractivity contribution in [1.29, 1.82) is 0 Å². The average Bonchev–Trinajstić information content (AvgIpc) is 2.49. The fraction of sp³-hybridized carbons (Fsp3) is 0.667. The fourth-order valence-electron chi connectivity index (χ4n) is 3.98. The largest absolute Gasteiger partial charge is 0.299 e. The predicted molar refractivity (Wildman–Crippen MR) is 84.0 cm³/mol. The van der Waals surface area contributed by atoms with E-state index in [2.05, 4.69) is 22.0 Å². The molecule has 0 amide bonds. The Kier molecular flexibility index (Phi) is 4.69. The minimum Gasteiger partial charge on any atom is -0.299 e. The van der Waals surface area contributed by atoms with Gasteiger partial charge in [0.2, 0.25) is 0 Å². The highest BCUT2D eigenvalue weighted by atomic mass is 16.1. The number of ketones is 1. The van der Waals surface area contributed by atoms with Crippen LogP contribution in [0, 0.1) is 12.8 Å². The Balaban J connectivity index is 1.73. The van der Waals surface area contributed by atoms with Crippen molar-refractivity contribution in [3.8, 4) is 0 Å². The topological polar surface area (TPSA) is 33.2 Å². The summed E-state index contributed by atoms with van der Waals surface area (Å²) >= 11 is 0. The molecule has 0 radical (unpaired) electrons. The van der Waals surface area contributed by atoms with Crippen molar-refractivity contribution in [3.05, 3.63) is 29.6 Å². The molecule has 1 aliphatic carbocycles. The van der Waals surface area contributed by atoms with Crippen LogP contribution in [0.2, 0.25) is 0 Å². The first-order chi connectivity index (χ1) is 10.2. The van der Waals surface area contributed by atoms with Gasteiger partial charge in [-0.25, -0.2) is 0 Å². The van der Waals surface area contributed by atoms with Crippen LogP contribution in [0.4, 0.5) is 0 Å². The number of hydrogen-bond donors (Lipinski definition) is 0. The summed E-state index contributed by atoms with van der Waals surface area (Å²) < 4.78 is 0. The van der Waals surface area contributed by atoms with E-state index in [0.717, 1.165) is 43.7 Å². The van der Waals surface area contributed by atoms with E-state index in [1.165, 1.54) is 25.7 Å². The highest BCUT2D eigenvalue weighted by Crippen LogP contribution is 2.32. The van der Waals surface area contributed by atoms with Crippen molar-refractivity contribution < 1.29 is 4.79 Å². The third kappa shape index (κ3) is 3.52. The Morgan fingerprint density at radius 3 is 2.86 bits per heavy atom. The van der Waals surface area contributed by atoms with Gasteiger partial charge in [0.05, 0.1) is 5.69 Å². The van der Waals surface area contributed by atoms with Gasteiger partial charge in [-0.15, -0.1) is 0 Å². The molecule has 0 bridgehead atoms. The second-order valence-corrected chi connectivity index (χ2v) is 6.62. The molecule has 2 fully saturated rings. The van der Waals surface area contributed by atoms with Crippen LogP contribution in [0.15, 0.2) is 18.2 Å². The Hall–Kier alpha value is -1.22. The number of aromatic nitrogens is 1. The number of hydrogen-bond acceptors (Lipinski definition) is 3. The van der Waals surface area contributed by atoms with Crippen molar-refractivity contribution in [1.82, 2.24) is 9.88 Å². The van der Waals surface area contributed by atoms with Crippen molar-refractivity contribution in [2.75, 3.05) is 6.54 Å². The maximum absolute atomic E-state index is 12.3. The number of nitrogens with zero attached hydrogens (tertiary/aromatic N) is 2. The molecule has 114 valence electrons. The molecular weight excluding hydrogens is 260 g/mol. The summed E-state index contributed by atoms with van der Waals surface area (Å²) in [6.45, 7) is 4.06. The minimum atomic E-state index is 0.281. The van der Waals surface area contributed by atoms with Gasteiger partial charge in [0.25, 0.3) is 0 Å². The number of piperidine rings is 1. The van der Waals surface area contributed by atoms with Crippen LogP contribution in [-0.4, -0.2) is 28.3 Å². The molecule has 2 heterocycles. The molecule has 1 saturated heterocycles. The van der Waals surface area contributed by atoms with Gasteiger partial charge < -0.3 is 0 Å². The zero-order chi connectivity index (χ0) is 14.7. The second-order valence-electron chi connectivity index (χ2n) is 6.62. The van der Waals surface area contributed by atoms with Crippen LogP contribution >= 0.6 is 0 Å². The lowest BCUT2D eigenvalue weighted by Crippen LogP contribution is -2.47. The summed E-state index contributed by atoms with van der Waals surface area (Å²) in [6, 6.07) is 6.69. The summed E-state index contributed by atoms with van der Waals surface area (Å²) in [4.78, 5) is 19.5. The van der Waals surface area contributed by atoms with Crippen molar-refractivity contribution in [3.63, 3.8) is 0 Å². The smallest absolute Gasteiger partial charge is 0.137 e. The van der Waals surface area contributed by atoms with Gasteiger partial charge in [-0.1, -0.05) is 18.9 Å². The number of aryl methyl sites for hydroxylation is 1. The molecule has 2 aliphatic rings. The van der Waals surface area contributed by atoms with Crippen molar-refractivity contribution in [2.24, 2.45) is 5.92 Å². The van der Waals surface area contributed by atoms with Crippen LogP contribution in [0.1, 0.15) is 56.3 Å². The molecule has 0 spiro atoms. The highest BCUT2D eigenvalue weighted by molar-refractivity contribution is 5.82. The molecule has 21 heavy (non-hydrogen) atoms. The van der Waals surface area contributed by atoms with Crippen LogP contribution in [0.25, 0.3) is 0 Å². The third-order valence-corrected chi connectivity index (χ3v) is 5.04. The first-order valence-electron chi connectivity index (χ1n) is 8.43. The number of likely N-dealkylation sites (tertiary alicyclic amines) is 1. The molecular formula is C18H26N2O. The van der Waals surface area contributed by atoms with Crippen LogP contribution in [0.5, 0.6) is 0 Å². The molecule has 2 atom stereocenters. The lowest BCUT2D eigenvalue weighted by Gasteiger charge is -2.41. The summed E-state index contributed by atoms with van der Waals surface area (Å²) in [5.41, 5.74) is 2.22. The Bertz CT molecular complexity index is 500. The lowest BCUT2D eigenvalue weighted by atomic mass is 9.79. The van der Waals surface area contributed by atoms with E-state index < -0.39 is 0 Å². The Labute approximate surface area is 127 Å². The van der Waals surface area contributed by atoms with Gasteiger partial charge in [0.1, 0.15) is 5.78 Å². The lowest BCUT2D eigenvalue weighted by molar-refractivity contribution is -0.127. The van der Waals surface area contributed by atoms with E-state index in [1.807, 2.05) is 13.0 Å². The molecule has 3 nitrogen and oxygen atoms in total. The van der Waals surface area contributed by atoms with Crippen molar-refractivity contribution >= 4 is 5.78 Å². The summed E-state index contributed by atoms with van der Waals surface area (Å²) in [7, 11) is 0. The first kappa shape index (κ1) is 14.7. The number of carbonyl (C=O) groups excluding carboxylic acids is 1. The summed E-state index contributed by atoms with van der Waals surface area (Å²) in [5.74, 6) is 0.791. The molecule has 2 unspecified atom stereocenters. The van der Waals surface area contributed by atoms with Gasteiger partial charge in [-0.05, 0) is 51.3 Å². The van der Waals surface area contributed by atoms with Gasteiger partial charge >= 0.3 is 0 Å². The molecule has 1 aromatic heterocycles. The first-order valence-corrected chi connectivity index (χ1v) is 8.43. The van der Waals surface area contributed by atoms with Crippen LogP contribution in [-0.2, 0) is 11.3 Å². The van der Waals surface area contributed by atoms with Gasteiger partial charge in [-0.3, -0.25) is 14.7 Å². The normalized spacial score (nSPS) is 27.8. The molecule has 1 saturated carbocycles.